The van der Waals surface area contributed by atoms with Crippen LogP contribution < -0.4 is 20.1 Å². The molecule has 0 unspecified atom stereocenters. The molecule has 34 heavy (non-hydrogen) atoms. The summed E-state index contributed by atoms with van der Waals surface area (Å²) >= 11 is 6.95. The highest BCUT2D eigenvalue weighted by molar-refractivity contribution is 9.10. The Bertz CT molecular complexity index is 862. The van der Waals surface area contributed by atoms with Crippen molar-refractivity contribution in [2.45, 2.75) is 52.4 Å². The summed E-state index contributed by atoms with van der Waals surface area (Å²) in [6.45, 7) is 5.41. The van der Waals surface area contributed by atoms with Gasteiger partial charge in [0, 0.05) is 13.1 Å². The van der Waals surface area contributed by atoms with Crippen molar-refractivity contribution in [2.24, 2.45) is 0 Å². The smallest absolute Gasteiger partial charge is 0.257 e. The van der Waals surface area contributed by atoms with Crippen molar-refractivity contribution in [3.8, 4) is 11.5 Å². The molecule has 2 rings (SSSR count). The van der Waals surface area contributed by atoms with Crippen molar-refractivity contribution in [3.05, 3.63) is 56.5 Å². The van der Waals surface area contributed by atoms with Gasteiger partial charge in [-0.3, -0.25) is 9.59 Å². The maximum absolute atomic E-state index is 12.0. The van der Waals surface area contributed by atoms with E-state index in [2.05, 4.69) is 56.3 Å². The third-order valence-electron chi connectivity index (χ3n) is 5.27. The Morgan fingerprint density at radius 2 is 1.12 bits per heavy atom. The molecule has 0 spiro atoms. The minimum atomic E-state index is -0.130. The summed E-state index contributed by atoms with van der Waals surface area (Å²) in [5, 5.41) is 5.76. The Hall–Kier alpha value is -2.06. The monoisotopic (exact) mass is 596 g/mol. The summed E-state index contributed by atoms with van der Waals surface area (Å²) in [4.78, 5) is 23.9. The summed E-state index contributed by atoms with van der Waals surface area (Å²) < 4.78 is 12.9. The van der Waals surface area contributed by atoms with Crippen LogP contribution in [0.3, 0.4) is 0 Å². The Kier molecular flexibility index (Phi) is 13.1. The largest absolute Gasteiger partial charge is 0.483 e. The molecule has 0 saturated carbocycles. The standard InChI is InChI=1S/C26H34Br2N2O4/c1-3-19-9-11-23(21(27)15-19)33-17-25(31)29-13-7-5-6-8-14-30-26(32)18-34-24-12-10-20(4-2)16-22(24)28/h9-12,15-16H,3-8,13-14,17-18H2,1-2H3,(H,29,31)(H,30,32). The minimum Gasteiger partial charge on any atom is -0.483 e. The van der Waals surface area contributed by atoms with Crippen LogP contribution in [0.15, 0.2) is 45.3 Å². The number of benzene rings is 2. The first-order chi connectivity index (χ1) is 16.4. The molecule has 0 bridgehead atoms. The third-order valence-corrected chi connectivity index (χ3v) is 6.51. The molecule has 0 aromatic heterocycles. The first-order valence-corrected chi connectivity index (χ1v) is 13.4. The van der Waals surface area contributed by atoms with Crippen molar-refractivity contribution >= 4 is 43.7 Å². The van der Waals surface area contributed by atoms with E-state index >= 15 is 0 Å². The van der Waals surface area contributed by atoms with E-state index in [-0.39, 0.29) is 25.0 Å². The molecule has 2 aromatic carbocycles. The maximum Gasteiger partial charge on any atom is 0.257 e. The molecule has 0 radical (unpaired) electrons. The number of hydrogen-bond acceptors (Lipinski definition) is 4. The molecule has 2 aromatic rings. The zero-order chi connectivity index (χ0) is 24.8. The summed E-state index contributed by atoms with van der Waals surface area (Å²) in [7, 11) is 0. The van der Waals surface area contributed by atoms with Crippen LogP contribution in [0, 0.1) is 0 Å². The zero-order valence-corrected chi connectivity index (χ0v) is 23.1. The number of ether oxygens (including phenoxy) is 2. The van der Waals surface area contributed by atoms with Crippen LogP contribution in [-0.4, -0.2) is 38.1 Å². The molecule has 6 nitrogen and oxygen atoms in total. The molecule has 0 saturated heterocycles. The molecule has 0 atom stereocenters. The van der Waals surface area contributed by atoms with E-state index in [1.165, 1.54) is 11.1 Å². The third kappa shape index (κ3) is 10.5. The highest BCUT2D eigenvalue weighted by atomic mass is 79.9. The molecule has 0 heterocycles. The highest BCUT2D eigenvalue weighted by Gasteiger charge is 2.07. The lowest BCUT2D eigenvalue weighted by atomic mass is 10.2. The fourth-order valence-electron chi connectivity index (χ4n) is 3.21. The Morgan fingerprint density at radius 3 is 1.47 bits per heavy atom. The molecule has 0 aliphatic carbocycles. The quantitative estimate of drug-likeness (QED) is 0.263. The second kappa shape index (κ2) is 15.8. The Balaban J connectivity index is 1.47. The van der Waals surface area contributed by atoms with E-state index in [0.29, 0.717) is 24.6 Å². The summed E-state index contributed by atoms with van der Waals surface area (Å²) in [6.07, 6.45) is 5.64. The number of carbonyl (C=O) groups excluding carboxylic acids is 2. The normalized spacial score (nSPS) is 10.6. The van der Waals surface area contributed by atoms with Crippen LogP contribution in [0.2, 0.25) is 0 Å². The van der Waals surface area contributed by atoms with Crippen LogP contribution in [0.1, 0.15) is 50.7 Å². The minimum absolute atomic E-state index is 0.00249. The second-order valence-electron chi connectivity index (χ2n) is 7.93. The molecule has 2 N–H and O–H groups in total. The first-order valence-electron chi connectivity index (χ1n) is 11.8. The van der Waals surface area contributed by atoms with Gasteiger partial charge in [-0.15, -0.1) is 0 Å². The van der Waals surface area contributed by atoms with Crippen molar-refractivity contribution in [2.75, 3.05) is 26.3 Å². The van der Waals surface area contributed by atoms with Crippen LogP contribution in [0.4, 0.5) is 0 Å². The lowest BCUT2D eigenvalue weighted by molar-refractivity contribution is -0.123. The van der Waals surface area contributed by atoms with Crippen LogP contribution in [-0.2, 0) is 22.4 Å². The van der Waals surface area contributed by atoms with Crippen LogP contribution >= 0.6 is 31.9 Å². The van der Waals surface area contributed by atoms with Gasteiger partial charge in [0.15, 0.2) is 13.2 Å². The van der Waals surface area contributed by atoms with Crippen LogP contribution in [0.25, 0.3) is 0 Å². The summed E-state index contributed by atoms with van der Waals surface area (Å²) in [6, 6.07) is 11.8. The van der Waals surface area contributed by atoms with Crippen molar-refractivity contribution in [1.82, 2.24) is 10.6 Å². The Labute approximate surface area is 219 Å². The van der Waals surface area contributed by atoms with Gasteiger partial charge >= 0.3 is 0 Å². The molecule has 0 fully saturated rings. The fraction of sp³-hybridized carbons (Fsp3) is 0.462. The van der Waals surface area contributed by atoms with E-state index < -0.39 is 0 Å². The van der Waals surface area contributed by atoms with Gasteiger partial charge in [-0.25, -0.2) is 0 Å². The van der Waals surface area contributed by atoms with Gasteiger partial charge in [-0.05, 0) is 92.9 Å². The van der Waals surface area contributed by atoms with E-state index in [4.69, 9.17) is 9.47 Å². The number of amides is 2. The lowest BCUT2D eigenvalue weighted by Gasteiger charge is -2.10. The van der Waals surface area contributed by atoms with Gasteiger partial charge in [0.05, 0.1) is 8.95 Å². The summed E-state index contributed by atoms with van der Waals surface area (Å²) in [5.74, 6) is 1.08. The van der Waals surface area contributed by atoms with Gasteiger partial charge in [0.1, 0.15) is 11.5 Å². The molecule has 8 heteroatoms. The average molecular weight is 598 g/mol. The molecule has 2 amide bonds. The predicted octanol–water partition coefficient (Wildman–Crippen LogP) is 5.59. The van der Waals surface area contributed by atoms with E-state index in [0.717, 1.165) is 47.5 Å². The predicted molar refractivity (Wildman–Crippen MR) is 143 cm³/mol. The van der Waals surface area contributed by atoms with Gasteiger partial charge in [0.2, 0.25) is 0 Å². The molecule has 0 aliphatic rings. The second-order valence-corrected chi connectivity index (χ2v) is 9.64. The van der Waals surface area contributed by atoms with Gasteiger partial charge in [0.25, 0.3) is 11.8 Å². The molecule has 186 valence electrons. The number of nitrogens with one attached hydrogen (secondary N) is 2. The van der Waals surface area contributed by atoms with Crippen molar-refractivity contribution < 1.29 is 19.1 Å². The van der Waals surface area contributed by atoms with Crippen molar-refractivity contribution in [3.63, 3.8) is 0 Å². The average Bonchev–Trinajstić information content (AvgIpc) is 2.83. The van der Waals surface area contributed by atoms with Gasteiger partial charge in [-0.1, -0.05) is 38.8 Å². The Morgan fingerprint density at radius 1 is 0.706 bits per heavy atom. The van der Waals surface area contributed by atoms with E-state index in [9.17, 15) is 9.59 Å². The van der Waals surface area contributed by atoms with Gasteiger partial charge < -0.3 is 20.1 Å². The van der Waals surface area contributed by atoms with Crippen LogP contribution in [0.5, 0.6) is 11.5 Å². The van der Waals surface area contributed by atoms with Crippen molar-refractivity contribution in [1.29, 1.82) is 0 Å². The number of carbonyl (C=O) groups is 2. The maximum atomic E-state index is 12.0. The number of aryl methyl sites for hydroxylation is 2. The summed E-state index contributed by atoms with van der Waals surface area (Å²) in [5.41, 5.74) is 2.42. The number of rotatable bonds is 15. The van der Waals surface area contributed by atoms with E-state index in [1.807, 2.05) is 36.4 Å². The number of unbranched alkanes of at least 4 members (excludes halogenated alkanes) is 3. The zero-order valence-electron chi connectivity index (χ0n) is 19.9. The SMILES string of the molecule is CCc1ccc(OCC(=O)NCCCCCCNC(=O)COc2ccc(CC)cc2Br)c(Br)c1. The highest BCUT2D eigenvalue weighted by Crippen LogP contribution is 2.27. The molecular weight excluding hydrogens is 564 g/mol. The first kappa shape index (κ1) is 28.2. The molecule has 0 aliphatic heterocycles. The number of hydrogen-bond donors (Lipinski definition) is 2. The number of halogens is 2. The molecular formula is C26H34Br2N2O4. The topological polar surface area (TPSA) is 76.7 Å². The van der Waals surface area contributed by atoms with E-state index in [1.54, 1.807) is 0 Å². The fourth-order valence-corrected chi connectivity index (χ4v) is 4.29. The van der Waals surface area contributed by atoms with Gasteiger partial charge in [-0.2, -0.15) is 0 Å². The lowest BCUT2D eigenvalue weighted by Crippen LogP contribution is -2.30.